The maximum atomic E-state index is 13.3. The number of rotatable bonds is 9. The first-order chi connectivity index (χ1) is 19.7. The third-order valence-corrected chi connectivity index (χ3v) is 9.20. The number of anilines is 1. The van der Waals surface area contributed by atoms with Crippen LogP contribution in [-0.4, -0.2) is 72.6 Å². The molecule has 2 saturated heterocycles. The van der Waals surface area contributed by atoms with Crippen LogP contribution in [-0.2, 0) is 24.4 Å². The van der Waals surface area contributed by atoms with Crippen LogP contribution >= 0.6 is 22.9 Å². The van der Waals surface area contributed by atoms with Crippen LogP contribution in [0.4, 0.5) is 5.69 Å². The number of hydrogen-bond acceptors (Lipinski definition) is 8. The van der Waals surface area contributed by atoms with E-state index in [0.717, 1.165) is 11.0 Å². The molecule has 2 aliphatic heterocycles. The predicted molar refractivity (Wildman–Crippen MR) is 155 cm³/mol. The van der Waals surface area contributed by atoms with E-state index in [4.69, 9.17) is 16.0 Å². The molecule has 0 radical (unpaired) electrons. The molecule has 3 aromatic rings. The number of oxazole rings is 1. The summed E-state index contributed by atoms with van der Waals surface area (Å²) in [6.07, 6.45) is 6.32. The molecule has 2 fully saturated rings. The van der Waals surface area contributed by atoms with Crippen LogP contribution in [0.25, 0.3) is 17.4 Å². The van der Waals surface area contributed by atoms with Gasteiger partial charge in [0.05, 0.1) is 17.1 Å². The molecule has 3 amide bonds. The fraction of sp³-hybridized carbons (Fsp3) is 0.333. The van der Waals surface area contributed by atoms with Gasteiger partial charge in [-0.2, -0.15) is 4.72 Å². The van der Waals surface area contributed by atoms with Gasteiger partial charge in [-0.1, -0.05) is 23.7 Å². The van der Waals surface area contributed by atoms with Crippen molar-refractivity contribution in [2.75, 3.05) is 25.0 Å². The summed E-state index contributed by atoms with van der Waals surface area (Å²) in [6.45, 7) is 0.488. The highest BCUT2D eigenvalue weighted by atomic mass is 35.5. The quantitative estimate of drug-likeness (QED) is 0.374. The molecule has 1 aromatic carbocycles. The molecule has 0 saturated carbocycles. The first-order valence-corrected chi connectivity index (χ1v) is 15.8. The zero-order valence-electron chi connectivity index (χ0n) is 21.9. The van der Waals surface area contributed by atoms with Crippen LogP contribution < -0.4 is 10.0 Å². The van der Waals surface area contributed by atoms with Crippen LogP contribution in [0.3, 0.4) is 0 Å². The number of piperidine rings is 1. The minimum Gasteiger partial charge on any atom is -0.444 e. The minimum atomic E-state index is -3.91. The van der Waals surface area contributed by atoms with Gasteiger partial charge in [0.15, 0.2) is 12.2 Å². The van der Waals surface area contributed by atoms with Crippen molar-refractivity contribution in [1.82, 2.24) is 19.5 Å². The highest BCUT2D eigenvalue weighted by Gasteiger charge is 2.37. The number of benzene rings is 1. The molecule has 2 atom stereocenters. The summed E-state index contributed by atoms with van der Waals surface area (Å²) >= 11 is 7.12. The van der Waals surface area contributed by atoms with E-state index in [2.05, 4.69) is 15.0 Å². The zero-order chi connectivity index (χ0) is 29.0. The van der Waals surface area contributed by atoms with Crippen LogP contribution in [0.15, 0.2) is 58.8 Å². The fourth-order valence-corrected chi connectivity index (χ4v) is 7.01. The van der Waals surface area contributed by atoms with E-state index in [1.54, 1.807) is 36.5 Å². The van der Waals surface area contributed by atoms with Crippen molar-refractivity contribution < 1.29 is 27.2 Å². The Morgan fingerprint density at radius 1 is 1.17 bits per heavy atom. The summed E-state index contributed by atoms with van der Waals surface area (Å²) in [4.78, 5) is 46.9. The first kappa shape index (κ1) is 29.0. The molecule has 2 aliphatic rings. The zero-order valence-corrected chi connectivity index (χ0v) is 24.3. The monoisotopic (exact) mass is 617 g/mol. The molecule has 11 nitrogen and oxygen atoms in total. The standard InChI is InChI=1S/C27H28ClN5O6S2/c28-24-9-8-20(40-24)10-13-41(37,38)31-21-6-2-11-32(27(21)36)16-25(34)33-12-3-7-22(33)26(35)30-19-5-1-4-18(14-19)23-15-29-17-39-23/h1,4-5,8-10,13-15,17,21-22,31H,2-3,6-7,11-12,16H2,(H,30,35)/t21-,22-/m0/s1. The second-order valence-corrected chi connectivity index (χ2v) is 13.1. The summed E-state index contributed by atoms with van der Waals surface area (Å²) < 4.78 is 33.5. The maximum absolute atomic E-state index is 13.3. The molecule has 2 N–H and O–H groups in total. The lowest BCUT2D eigenvalue weighted by molar-refractivity contribution is -0.144. The number of thiophene rings is 1. The van der Waals surface area contributed by atoms with E-state index in [-0.39, 0.29) is 18.4 Å². The molecule has 41 heavy (non-hydrogen) atoms. The molecule has 216 valence electrons. The highest BCUT2D eigenvalue weighted by molar-refractivity contribution is 7.92. The van der Waals surface area contributed by atoms with E-state index >= 15 is 0 Å². The van der Waals surface area contributed by atoms with Crippen molar-refractivity contribution in [2.45, 2.75) is 37.8 Å². The van der Waals surface area contributed by atoms with Gasteiger partial charge >= 0.3 is 0 Å². The smallest absolute Gasteiger partial charge is 0.247 e. The summed E-state index contributed by atoms with van der Waals surface area (Å²) in [5.41, 5.74) is 1.31. The number of amides is 3. The summed E-state index contributed by atoms with van der Waals surface area (Å²) in [5.74, 6) is -0.580. The number of aromatic nitrogens is 1. The summed E-state index contributed by atoms with van der Waals surface area (Å²) in [6, 6.07) is 8.83. The Labute approximate surface area is 246 Å². The van der Waals surface area contributed by atoms with Crippen LogP contribution in [0, 0.1) is 0 Å². The summed E-state index contributed by atoms with van der Waals surface area (Å²) in [5, 5.41) is 3.88. The van der Waals surface area contributed by atoms with Gasteiger partial charge in [-0.25, -0.2) is 13.4 Å². The second-order valence-electron chi connectivity index (χ2n) is 9.74. The van der Waals surface area contributed by atoms with Crippen molar-refractivity contribution in [3.63, 3.8) is 0 Å². The third-order valence-electron chi connectivity index (χ3n) is 6.89. The van der Waals surface area contributed by atoms with Gasteiger partial charge in [0.25, 0.3) is 0 Å². The van der Waals surface area contributed by atoms with Gasteiger partial charge in [-0.05, 0) is 56.0 Å². The Morgan fingerprint density at radius 2 is 2.00 bits per heavy atom. The Morgan fingerprint density at radius 3 is 2.76 bits per heavy atom. The van der Waals surface area contributed by atoms with E-state index in [0.29, 0.717) is 59.4 Å². The molecular formula is C27H28ClN5O6S2. The number of nitrogens with zero attached hydrogens (tertiary/aromatic N) is 3. The Bertz CT molecular complexity index is 1560. The number of halogens is 1. The van der Waals surface area contributed by atoms with Crippen molar-refractivity contribution in [3.8, 4) is 11.3 Å². The molecular weight excluding hydrogens is 590 g/mol. The number of likely N-dealkylation sites (tertiary alicyclic amines) is 2. The van der Waals surface area contributed by atoms with Gasteiger partial charge in [0.1, 0.15) is 12.1 Å². The van der Waals surface area contributed by atoms with E-state index in [9.17, 15) is 22.8 Å². The maximum Gasteiger partial charge on any atom is 0.247 e. The number of nitrogens with one attached hydrogen (secondary N) is 2. The lowest BCUT2D eigenvalue weighted by Crippen LogP contribution is -2.55. The van der Waals surface area contributed by atoms with Crippen LogP contribution in [0.5, 0.6) is 0 Å². The molecule has 5 rings (SSSR count). The van der Waals surface area contributed by atoms with Crippen molar-refractivity contribution >= 4 is 62.4 Å². The van der Waals surface area contributed by atoms with E-state index in [1.165, 1.54) is 33.6 Å². The number of sulfonamides is 1. The number of carbonyl (C=O) groups excluding carboxylic acids is 3. The Hall–Kier alpha value is -3.52. The fourth-order valence-electron chi connectivity index (χ4n) is 4.94. The molecule has 0 unspecified atom stereocenters. The average molecular weight is 618 g/mol. The van der Waals surface area contributed by atoms with Crippen LogP contribution in [0.2, 0.25) is 4.34 Å². The largest absolute Gasteiger partial charge is 0.444 e. The summed E-state index contributed by atoms with van der Waals surface area (Å²) in [7, 11) is -3.91. The highest BCUT2D eigenvalue weighted by Crippen LogP contribution is 2.25. The first-order valence-electron chi connectivity index (χ1n) is 13.0. The van der Waals surface area contributed by atoms with Crippen LogP contribution in [0.1, 0.15) is 30.6 Å². The molecule has 4 heterocycles. The Balaban J connectivity index is 1.18. The molecule has 0 aliphatic carbocycles. The average Bonchev–Trinajstić information content (AvgIpc) is 3.72. The van der Waals surface area contributed by atoms with Gasteiger partial charge < -0.3 is 19.5 Å². The Kier molecular flexibility index (Phi) is 8.88. The third kappa shape index (κ3) is 7.22. The topological polar surface area (TPSA) is 142 Å². The minimum absolute atomic E-state index is 0.231. The van der Waals surface area contributed by atoms with Crippen molar-refractivity contribution in [1.29, 1.82) is 0 Å². The van der Waals surface area contributed by atoms with Gasteiger partial charge in [-0.15, -0.1) is 11.3 Å². The molecule has 0 spiro atoms. The molecule has 0 bridgehead atoms. The van der Waals surface area contributed by atoms with Crippen molar-refractivity contribution in [3.05, 3.63) is 63.6 Å². The molecule has 2 aromatic heterocycles. The predicted octanol–water partition coefficient (Wildman–Crippen LogP) is 3.57. The lowest BCUT2D eigenvalue weighted by atomic mass is 10.1. The van der Waals surface area contributed by atoms with Gasteiger partial charge in [-0.3, -0.25) is 14.4 Å². The lowest BCUT2D eigenvalue weighted by Gasteiger charge is -2.33. The normalized spacial score (nSPS) is 19.7. The molecule has 14 heteroatoms. The van der Waals surface area contributed by atoms with E-state index in [1.807, 2.05) is 6.07 Å². The number of carbonyl (C=O) groups is 3. The van der Waals surface area contributed by atoms with Crippen molar-refractivity contribution in [2.24, 2.45) is 0 Å². The SMILES string of the molecule is O=C(Nc1cccc(-c2cnco2)c1)[C@@H]1CCCN1C(=O)CN1CCC[C@H](NS(=O)(=O)C=Cc2ccc(Cl)s2)C1=O. The number of hydrogen-bond donors (Lipinski definition) is 2. The van der Waals surface area contributed by atoms with E-state index < -0.39 is 28.0 Å². The van der Waals surface area contributed by atoms with Gasteiger partial charge in [0.2, 0.25) is 27.7 Å². The second kappa shape index (κ2) is 12.6. The van der Waals surface area contributed by atoms with Gasteiger partial charge in [0, 0.05) is 34.6 Å².